The van der Waals surface area contributed by atoms with E-state index in [-0.39, 0.29) is 18.0 Å². The first kappa shape index (κ1) is 15.6. The van der Waals surface area contributed by atoms with Crippen molar-refractivity contribution in [1.29, 1.82) is 0 Å². The molecule has 128 valence electrons. The molecule has 0 saturated heterocycles. The molecule has 1 aliphatic rings. The van der Waals surface area contributed by atoms with Gasteiger partial charge in [-0.15, -0.1) is 0 Å². The van der Waals surface area contributed by atoms with Gasteiger partial charge in [0.2, 0.25) is 5.91 Å². The van der Waals surface area contributed by atoms with Gasteiger partial charge in [-0.1, -0.05) is 18.2 Å². The minimum absolute atomic E-state index is 0.133. The Morgan fingerprint density at radius 3 is 2.96 bits per heavy atom. The van der Waals surface area contributed by atoms with Crippen molar-refractivity contribution >= 4 is 22.5 Å². The van der Waals surface area contributed by atoms with Crippen LogP contribution < -0.4 is 10.2 Å². The second-order valence-corrected chi connectivity index (χ2v) is 6.32. The van der Waals surface area contributed by atoms with Crippen molar-refractivity contribution in [3.05, 3.63) is 60.3 Å². The van der Waals surface area contributed by atoms with E-state index in [2.05, 4.69) is 10.3 Å². The van der Waals surface area contributed by atoms with Gasteiger partial charge in [0.1, 0.15) is 6.61 Å². The molecule has 0 bridgehead atoms. The number of benzene rings is 1. The number of fused-ring (bicyclic) bond motifs is 1. The highest BCUT2D eigenvalue weighted by Gasteiger charge is 2.23. The molecule has 1 N–H and O–H groups in total. The molecular weight excluding hydrogens is 321 g/mol. The van der Waals surface area contributed by atoms with Crippen LogP contribution in [0.4, 0.5) is 10.1 Å². The fourth-order valence-electron chi connectivity index (χ4n) is 2.78. The van der Waals surface area contributed by atoms with E-state index < -0.39 is 5.82 Å². The summed E-state index contributed by atoms with van der Waals surface area (Å²) in [5.41, 5.74) is 1.91. The van der Waals surface area contributed by atoms with Crippen LogP contribution in [0.2, 0.25) is 0 Å². The van der Waals surface area contributed by atoms with E-state index in [9.17, 15) is 9.18 Å². The van der Waals surface area contributed by atoms with Crippen LogP contribution in [0.15, 0.2) is 48.9 Å². The zero-order valence-corrected chi connectivity index (χ0v) is 13.6. The molecule has 1 aromatic carbocycles. The molecule has 25 heavy (non-hydrogen) atoms. The smallest absolute Gasteiger partial charge is 0.228 e. The quantitative estimate of drug-likeness (QED) is 0.750. The monoisotopic (exact) mass is 339 g/mol. The predicted octanol–water partition coefficient (Wildman–Crippen LogP) is 3.20. The third kappa shape index (κ3) is 3.47. The van der Waals surface area contributed by atoms with E-state index in [0.29, 0.717) is 12.5 Å². The Balaban J connectivity index is 1.54. The molecule has 6 heteroatoms. The summed E-state index contributed by atoms with van der Waals surface area (Å²) in [5, 5.41) is 3.55. The molecule has 1 aliphatic carbocycles. The third-order valence-corrected chi connectivity index (χ3v) is 4.30. The summed E-state index contributed by atoms with van der Waals surface area (Å²) in [6.45, 7) is 0.687. The summed E-state index contributed by atoms with van der Waals surface area (Å²) in [7, 11) is 0. The van der Waals surface area contributed by atoms with Crippen molar-refractivity contribution in [1.82, 2.24) is 9.71 Å². The number of anilines is 1. The summed E-state index contributed by atoms with van der Waals surface area (Å²) in [6.07, 6.45) is 6.93. The molecule has 0 aliphatic heterocycles. The lowest BCUT2D eigenvalue weighted by molar-refractivity contribution is -0.115. The van der Waals surface area contributed by atoms with E-state index in [1.54, 1.807) is 4.73 Å². The fourth-order valence-corrected chi connectivity index (χ4v) is 2.78. The summed E-state index contributed by atoms with van der Waals surface area (Å²) >= 11 is 0. The number of carbonyl (C=O) groups is 1. The number of halogens is 1. The topological polar surface area (TPSA) is 56.1 Å². The van der Waals surface area contributed by atoms with Crippen LogP contribution in [0.25, 0.3) is 10.9 Å². The zero-order chi connectivity index (χ0) is 17.2. The van der Waals surface area contributed by atoms with Gasteiger partial charge in [-0.3, -0.25) is 9.78 Å². The van der Waals surface area contributed by atoms with Crippen LogP contribution in [0.1, 0.15) is 18.4 Å². The summed E-state index contributed by atoms with van der Waals surface area (Å²) in [6, 6.07) is 9.23. The van der Waals surface area contributed by atoms with E-state index in [4.69, 9.17) is 4.84 Å². The summed E-state index contributed by atoms with van der Waals surface area (Å²) in [4.78, 5) is 21.8. The average molecular weight is 339 g/mol. The van der Waals surface area contributed by atoms with Crippen LogP contribution in [-0.2, 0) is 11.2 Å². The van der Waals surface area contributed by atoms with E-state index in [1.165, 1.54) is 25.1 Å². The molecule has 0 radical (unpaired) electrons. The SMILES string of the molecule is O=C(Cc1cn(OCC2CC2)c2ccccc12)Nc1ccncc1F. The lowest BCUT2D eigenvalue weighted by atomic mass is 10.1. The van der Waals surface area contributed by atoms with Gasteiger partial charge >= 0.3 is 0 Å². The van der Waals surface area contributed by atoms with E-state index >= 15 is 0 Å². The molecule has 1 amide bonds. The maximum atomic E-state index is 13.6. The fraction of sp³-hybridized carbons (Fsp3) is 0.263. The lowest BCUT2D eigenvalue weighted by Gasteiger charge is -2.06. The molecule has 2 aromatic heterocycles. The van der Waals surface area contributed by atoms with Crippen molar-refractivity contribution in [2.45, 2.75) is 19.3 Å². The van der Waals surface area contributed by atoms with Gasteiger partial charge in [0.05, 0.1) is 23.8 Å². The normalized spacial score (nSPS) is 13.8. The molecule has 5 nitrogen and oxygen atoms in total. The highest BCUT2D eigenvalue weighted by atomic mass is 19.1. The number of para-hydroxylation sites is 1. The molecule has 1 fully saturated rings. The Morgan fingerprint density at radius 1 is 1.32 bits per heavy atom. The van der Waals surface area contributed by atoms with Gasteiger partial charge in [-0.25, -0.2) is 4.39 Å². The standard InChI is InChI=1S/C19H18FN3O2/c20-16-10-21-8-7-17(16)22-19(24)9-14-11-23(25-12-13-5-6-13)18-4-2-1-3-15(14)18/h1-4,7-8,10-11,13H,5-6,9,12H2,(H,21,22,24). The van der Waals surface area contributed by atoms with E-state index in [0.717, 1.165) is 22.7 Å². The van der Waals surface area contributed by atoms with Crippen molar-refractivity contribution in [2.75, 3.05) is 11.9 Å². The minimum atomic E-state index is -0.550. The van der Waals surface area contributed by atoms with Gasteiger partial charge in [-0.2, -0.15) is 4.73 Å². The first-order valence-electron chi connectivity index (χ1n) is 8.32. The molecule has 0 atom stereocenters. The number of carbonyl (C=O) groups excluding carboxylic acids is 1. The van der Waals surface area contributed by atoms with Gasteiger partial charge in [-0.05, 0) is 36.5 Å². The van der Waals surface area contributed by atoms with Crippen molar-refractivity contribution in [3.63, 3.8) is 0 Å². The van der Waals surface area contributed by atoms with Crippen LogP contribution in [-0.4, -0.2) is 22.2 Å². The maximum Gasteiger partial charge on any atom is 0.228 e. The Labute approximate surface area is 144 Å². The maximum absolute atomic E-state index is 13.6. The van der Waals surface area contributed by atoms with Crippen LogP contribution in [0.5, 0.6) is 0 Å². The molecular formula is C19H18FN3O2. The van der Waals surface area contributed by atoms with Gasteiger partial charge in [0, 0.05) is 17.8 Å². The number of aromatic nitrogens is 2. The van der Waals surface area contributed by atoms with Crippen LogP contribution in [0.3, 0.4) is 0 Å². The second kappa shape index (κ2) is 6.55. The third-order valence-electron chi connectivity index (χ3n) is 4.30. The van der Waals surface area contributed by atoms with Crippen LogP contribution in [0, 0.1) is 11.7 Å². The molecule has 3 aromatic rings. The summed E-state index contributed by atoms with van der Waals surface area (Å²) < 4.78 is 15.4. The van der Waals surface area contributed by atoms with Crippen molar-refractivity contribution < 1.29 is 14.0 Å². The number of rotatable bonds is 6. The Bertz CT molecular complexity index is 918. The van der Waals surface area contributed by atoms with Gasteiger partial charge in [0.25, 0.3) is 0 Å². The second-order valence-electron chi connectivity index (χ2n) is 6.32. The Hall–Kier alpha value is -2.89. The minimum Gasteiger partial charge on any atom is -0.414 e. The molecule has 4 rings (SSSR count). The highest BCUT2D eigenvalue weighted by Crippen LogP contribution is 2.29. The van der Waals surface area contributed by atoms with Crippen molar-refractivity contribution in [3.8, 4) is 0 Å². The van der Waals surface area contributed by atoms with E-state index in [1.807, 2.05) is 30.5 Å². The number of pyridine rings is 1. The summed E-state index contributed by atoms with van der Waals surface area (Å²) in [5.74, 6) is -0.191. The molecule has 0 spiro atoms. The van der Waals surface area contributed by atoms with Crippen molar-refractivity contribution in [2.24, 2.45) is 5.92 Å². The molecule has 0 unspecified atom stereocenters. The van der Waals surface area contributed by atoms with Crippen LogP contribution >= 0.6 is 0 Å². The largest absolute Gasteiger partial charge is 0.414 e. The number of amides is 1. The predicted molar refractivity (Wildman–Crippen MR) is 92.6 cm³/mol. The first-order chi connectivity index (χ1) is 12.2. The van der Waals surface area contributed by atoms with Gasteiger partial charge < -0.3 is 10.2 Å². The number of hydrogen-bond donors (Lipinski definition) is 1. The number of nitrogens with one attached hydrogen (secondary N) is 1. The Morgan fingerprint density at radius 2 is 2.16 bits per heavy atom. The lowest BCUT2D eigenvalue weighted by Crippen LogP contribution is -2.16. The first-order valence-corrected chi connectivity index (χ1v) is 8.32. The van der Waals surface area contributed by atoms with Gasteiger partial charge in [0.15, 0.2) is 5.82 Å². The number of hydrogen-bond acceptors (Lipinski definition) is 3. The molecule has 1 saturated carbocycles. The zero-order valence-electron chi connectivity index (χ0n) is 13.6. The number of nitrogens with zero attached hydrogens (tertiary/aromatic N) is 2. The highest BCUT2D eigenvalue weighted by molar-refractivity contribution is 5.95. The average Bonchev–Trinajstić information content (AvgIpc) is 3.38. The Kier molecular flexibility index (Phi) is 4.09. The molecule has 2 heterocycles.